The maximum absolute atomic E-state index is 13.4. The molecule has 0 aliphatic heterocycles. The molecule has 2 fully saturated rings. The van der Waals surface area contributed by atoms with Gasteiger partial charge in [-0.1, -0.05) is 18.5 Å². The van der Waals surface area contributed by atoms with Crippen molar-refractivity contribution in [2.75, 3.05) is 6.54 Å². The van der Waals surface area contributed by atoms with Gasteiger partial charge < -0.3 is 5.32 Å². The van der Waals surface area contributed by atoms with E-state index in [2.05, 4.69) is 12.2 Å². The van der Waals surface area contributed by atoms with E-state index in [9.17, 15) is 4.39 Å². The molecule has 0 aromatic heterocycles. The Kier molecular flexibility index (Phi) is 4.32. The summed E-state index contributed by atoms with van der Waals surface area (Å²) >= 11 is 6.22. The molecule has 0 bridgehead atoms. The van der Waals surface area contributed by atoms with Crippen molar-refractivity contribution in [3.05, 3.63) is 34.6 Å². The van der Waals surface area contributed by atoms with Crippen molar-refractivity contribution < 1.29 is 4.39 Å². The van der Waals surface area contributed by atoms with Crippen molar-refractivity contribution >= 4 is 11.6 Å². The molecule has 20 heavy (non-hydrogen) atoms. The molecule has 2 saturated carbocycles. The fraction of sp³-hybridized carbons (Fsp3) is 0.647. The molecule has 1 aromatic carbocycles. The van der Waals surface area contributed by atoms with Crippen LogP contribution in [0, 0.1) is 23.6 Å². The predicted molar refractivity (Wildman–Crippen MR) is 81.5 cm³/mol. The van der Waals surface area contributed by atoms with Crippen LogP contribution in [0.5, 0.6) is 0 Å². The van der Waals surface area contributed by atoms with E-state index < -0.39 is 0 Å². The number of benzene rings is 1. The quantitative estimate of drug-likeness (QED) is 0.818. The van der Waals surface area contributed by atoms with Crippen molar-refractivity contribution in [3.8, 4) is 0 Å². The first kappa shape index (κ1) is 14.3. The van der Waals surface area contributed by atoms with Gasteiger partial charge in [-0.15, -0.1) is 0 Å². The van der Waals surface area contributed by atoms with Crippen LogP contribution in [-0.2, 0) is 6.42 Å². The van der Waals surface area contributed by atoms with E-state index in [1.54, 1.807) is 12.1 Å². The SMILES string of the molecule is CCCNC(Cc1cc(F)ccc1Cl)C1CC2CC2C1. The van der Waals surface area contributed by atoms with Crippen molar-refractivity contribution in [1.29, 1.82) is 0 Å². The predicted octanol–water partition coefficient (Wildman–Crippen LogP) is 4.44. The van der Waals surface area contributed by atoms with Gasteiger partial charge in [0.25, 0.3) is 0 Å². The summed E-state index contributed by atoms with van der Waals surface area (Å²) in [6.45, 7) is 3.22. The monoisotopic (exact) mass is 295 g/mol. The van der Waals surface area contributed by atoms with Crippen molar-refractivity contribution in [2.24, 2.45) is 17.8 Å². The van der Waals surface area contributed by atoms with Gasteiger partial charge in [0.05, 0.1) is 0 Å². The first-order chi connectivity index (χ1) is 9.67. The summed E-state index contributed by atoms with van der Waals surface area (Å²) in [5.41, 5.74) is 0.945. The minimum atomic E-state index is -0.187. The highest BCUT2D eigenvalue weighted by atomic mass is 35.5. The summed E-state index contributed by atoms with van der Waals surface area (Å²) < 4.78 is 13.4. The number of nitrogens with one attached hydrogen (secondary N) is 1. The molecule has 0 radical (unpaired) electrons. The van der Waals surface area contributed by atoms with E-state index in [1.807, 2.05) is 0 Å². The maximum Gasteiger partial charge on any atom is 0.123 e. The molecule has 1 N–H and O–H groups in total. The zero-order chi connectivity index (χ0) is 14.1. The molecule has 3 unspecified atom stereocenters. The molecule has 0 amide bonds. The fourth-order valence-electron chi connectivity index (χ4n) is 3.76. The first-order valence-electron chi connectivity index (χ1n) is 7.84. The molecule has 3 heteroatoms. The lowest BCUT2D eigenvalue weighted by Gasteiger charge is -2.26. The maximum atomic E-state index is 13.4. The van der Waals surface area contributed by atoms with E-state index >= 15 is 0 Å². The van der Waals surface area contributed by atoms with E-state index in [0.29, 0.717) is 11.1 Å². The second-order valence-corrected chi connectivity index (χ2v) is 6.90. The molecule has 3 rings (SSSR count). The molecule has 3 atom stereocenters. The summed E-state index contributed by atoms with van der Waals surface area (Å²) in [5, 5.41) is 4.36. The van der Waals surface area contributed by atoms with Gasteiger partial charge >= 0.3 is 0 Å². The van der Waals surface area contributed by atoms with Crippen LogP contribution in [0.1, 0.15) is 38.2 Å². The highest BCUT2D eigenvalue weighted by molar-refractivity contribution is 6.31. The molecule has 110 valence electrons. The Morgan fingerprint density at radius 2 is 2.05 bits per heavy atom. The zero-order valence-corrected chi connectivity index (χ0v) is 12.8. The van der Waals surface area contributed by atoms with Crippen LogP contribution >= 0.6 is 11.6 Å². The smallest absolute Gasteiger partial charge is 0.123 e. The van der Waals surface area contributed by atoms with E-state index in [1.165, 1.54) is 25.3 Å². The van der Waals surface area contributed by atoms with Crippen LogP contribution in [0.25, 0.3) is 0 Å². The second kappa shape index (κ2) is 6.03. The van der Waals surface area contributed by atoms with Gasteiger partial charge in [-0.3, -0.25) is 0 Å². The van der Waals surface area contributed by atoms with Crippen LogP contribution < -0.4 is 5.32 Å². The number of fused-ring (bicyclic) bond motifs is 1. The molecule has 0 saturated heterocycles. The number of hydrogen-bond donors (Lipinski definition) is 1. The second-order valence-electron chi connectivity index (χ2n) is 6.49. The van der Waals surface area contributed by atoms with Crippen molar-refractivity contribution in [1.82, 2.24) is 5.32 Å². The fourth-order valence-corrected chi connectivity index (χ4v) is 3.96. The highest BCUT2D eigenvalue weighted by Crippen LogP contribution is 2.55. The van der Waals surface area contributed by atoms with Gasteiger partial charge in [-0.25, -0.2) is 4.39 Å². The van der Waals surface area contributed by atoms with Crippen LogP contribution in [0.3, 0.4) is 0 Å². The Balaban J connectivity index is 1.69. The summed E-state index contributed by atoms with van der Waals surface area (Å²) in [6.07, 6.45) is 6.11. The van der Waals surface area contributed by atoms with Crippen LogP contribution in [0.15, 0.2) is 18.2 Å². The average molecular weight is 296 g/mol. The number of hydrogen-bond acceptors (Lipinski definition) is 1. The lowest BCUT2D eigenvalue weighted by molar-refractivity contribution is 0.332. The van der Waals surface area contributed by atoms with E-state index in [4.69, 9.17) is 11.6 Å². The Morgan fingerprint density at radius 3 is 2.75 bits per heavy atom. The zero-order valence-electron chi connectivity index (χ0n) is 12.0. The lowest BCUT2D eigenvalue weighted by atomic mass is 9.89. The molecule has 0 spiro atoms. The molecule has 1 nitrogen and oxygen atoms in total. The van der Waals surface area contributed by atoms with Gasteiger partial charge in [0, 0.05) is 11.1 Å². The van der Waals surface area contributed by atoms with E-state index in [-0.39, 0.29) is 5.82 Å². The molecular weight excluding hydrogens is 273 g/mol. The summed E-state index contributed by atoms with van der Waals surface area (Å²) in [7, 11) is 0. The number of halogens is 2. The molecule has 1 aromatic rings. The topological polar surface area (TPSA) is 12.0 Å². The van der Waals surface area contributed by atoms with Gasteiger partial charge in [-0.05, 0) is 80.2 Å². The first-order valence-corrected chi connectivity index (χ1v) is 8.22. The Bertz CT molecular complexity index is 466. The molecule has 2 aliphatic rings. The Labute approximate surface area is 125 Å². The Hall–Kier alpha value is -0.600. The number of rotatable bonds is 6. The Morgan fingerprint density at radius 1 is 1.30 bits per heavy atom. The lowest BCUT2D eigenvalue weighted by Crippen LogP contribution is -2.38. The summed E-state index contributed by atoms with van der Waals surface area (Å²) in [6, 6.07) is 5.15. The third kappa shape index (κ3) is 3.17. The molecule has 2 aliphatic carbocycles. The minimum absolute atomic E-state index is 0.187. The van der Waals surface area contributed by atoms with Crippen molar-refractivity contribution in [3.63, 3.8) is 0 Å². The van der Waals surface area contributed by atoms with Crippen molar-refractivity contribution in [2.45, 2.75) is 45.1 Å². The van der Waals surface area contributed by atoms with E-state index in [0.717, 1.165) is 42.7 Å². The molecule has 0 heterocycles. The highest BCUT2D eigenvalue weighted by Gasteiger charge is 2.47. The minimum Gasteiger partial charge on any atom is -0.313 e. The van der Waals surface area contributed by atoms with Crippen LogP contribution in [-0.4, -0.2) is 12.6 Å². The molecular formula is C17H23ClFN. The summed E-state index contributed by atoms with van der Waals surface area (Å²) in [4.78, 5) is 0. The van der Waals surface area contributed by atoms with Gasteiger partial charge in [0.2, 0.25) is 0 Å². The van der Waals surface area contributed by atoms with Gasteiger partial charge in [0.15, 0.2) is 0 Å². The standard InChI is InChI=1S/C17H23ClFN/c1-2-5-20-17(14-7-11-6-12(11)8-14)10-13-9-15(19)3-4-16(13)18/h3-4,9,11-12,14,17,20H,2,5-8,10H2,1H3. The van der Waals surface area contributed by atoms with Crippen LogP contribution in [0.2, 0.25) is 5.02 Å². The van der Waals surface area contributed by atoms with Gasteiger partial charge in [-0.2, -0.15) is 0 Å². The third-order valence-electron chi connectivity index (χ3n) is 4.95. The summed E-state index contributed by atoms with van der Waals surface area (Å²) in [5.74, 6) is 2.51. The van der Waals surface area contributed by atoms with Crippen LogP contribution in [0.4, 0.5) is 4.39 Å². The average Bonchev–Trinajstić information content (AvgIpc) is 3.05. The largest absolute Gasteiger partial charge is 0.313 e. The third-order valence-corrected chi connectivity index (χ3v) is 5.32. The van der Waals surface area contributed by atoms with Gasteiger partial charge in [0.1, 0.15) is 5.82 Å². The normalized spacial score (nSPS) is 29.2.